The average molecular weight is 251 g/mol. The Kier molecular flexibility index (Phi) is 4.26. The molecule has 0 radical (unpaired) electrons. The molecule has 0 saturated carbocycles. The van der Waals surface area contributed by atoms with Crippen LogP contribution in [0.25, 0.3) is 0 Å². The molecule has 0 saturated heterocycles. The Balaban J connectivity index is 2.75. The normalized spacial score (nSPS) is 9.36. The molecule has 0 heterocycles. The van der Waals surface area contributed by atoms with E-state index in [9.17, 15) is 4.79 Å². The quantitative estimate of drug-likeness (QED) is 0.857. The first-order valence-electron chi connectivity index (χ1n) is 3.67. The number of nitrogens with one attached hydrogen (secondary N) is 1. The average Bonchev–Trinajstić information content (AvgIpc) is 2.14. The standard InChI is InChI=1S/C9H6Cl3NO/c10-7-3-1-2-6(4-7)9(14)13-5-8(11)12/h1-5H,(H,13,14). The zero-order valence-electron chi connectivity index (χ0n) is 6.93. The molecule has 0 aromatic heterocycles. The zero-order valence-corrected chi connectivity index (χ0v) is 9.20. The minimum absolute atomic E-state index is 0.0135. The molecule has 1 amide bonds. The second-order valence-electron chi connectivity index (χ2n) is 2.42. The zero-order chi connectivity index (χ0) is 10.6. The van der Waals surface area contributed by atoms with Crippen molar-refractivity contribution in [2.45, 2.75) is 0 Å². The number of rotatable bonds is 2. The van der Waals surface area contributed by atoms with E-state index in [1.807, 2.05) is 0 Å². The SMILES string of the molecule is O=C(NC=C(Cl)Cl)c1cccc(Cl)c1. The second kappa shape index (κ2) is 5.25. The molecule has 2 nitrogen and oxygen atoms in total. The van der Waals surface area contributed by atoms with Crippen molar-refractivity contribution in [2.75, 3.05) is 0 Å². The Morgan fingerprint density at radius 3 is 2.64 bits per heavy atom. The highest BCUT2D eigenvalue weighted by atomic mass is 35.5. The first-order valence-corrected chi connectivity index (χ1v) is 4.80. The molecule has 0 spiro atoms. The van der Waals surface area contributed by atoms with Gasteiger partial charge in [0.15, 0.2) is 0 Å². The lowest BCUT2D eigenvalue weighted by Gasteiger charge is -1.99. The molecule has 0 aliphatic rings. The van der Waals surface area contributed by atoms with Crippen molar-refractivity contribution in [3.8, 4) is 0 Å². The Labute approximate surface area is 96.5 Å². The number of benzene rings is 1. The van der Waals surface area contributed by atoms with E-state index in [4.69, 9.17) is 34.8 Å². The van der Waals surface area contributed by atoms with E-state index in [2.05, 4.69) is 5.32 Å². The third-order valence-corrected chi connectivity index (χ3v) is 1.85. The van der Waals surface area contributed by atoms with Crippen LogP contribution in [-0.2, 0) is 0 Å². The molecule has 1 aromatic rings. The lowest BCUT2D eigenvalue weighted by molar-refractivity contribution is 0.0970. The fraction of sp³-hybridized carbons (Fsp3) is 0. The van der Waals surface area contributed by atoms with Crippen molar-refractivity contribution in [3.63, 3.8) is 0 Å². The van der Waals surface area contributed by atoms with Gasteiger partial charge in [-0.25, -0.2) is 0 Å². The van der Waals surface area contributed by atoms with Crippen LogP contribution in [0.5, 0.6) is 0 Å². The maximum Gasteiger partial charge on any atom is 0.255 e. The fourth-order valence-electron chi connectivity index (χ4n) is 0.833. The molecule has 0 aliphatic heterocycles. The maximum absolute atomic E-state index is 11.4. The molecule has 0 aliphatic carbocycles. The van der Waals surface area contributed by atoms with Gasteiger partial charge in [-0.05, 0) is 18.2 Å². The Morgan fingerprint density at radius 2 is 2.07 bits per heavy atom. The van der Waals surface area contributed by atoms with Crippen molar-refractivity contribution in [1.82, 2.24) is 5.32 Å². The van der Waals surface area contributed by atoms with E-state index in [1.165, 1.54) is 6.20 Å². The van der Waals surface area contributed by atoms with Crippen LogP contribution in [0.1, 0.15) is 10.4 Å². The van der Waals surface area contributed by atoms with Crippen molar-refractivity contribution < 1.29 is 4.79 Å². The van der Waals surface area contributed by atoms with Gasteiger partial charge < -0.3 is 5.32 Å². The smallest absolute Gasteiger partial charge is 0.255 e. The van der Waals surface area contributed by atoms with Crippen molar-refractivity contribution in [3.05, 3.63) is 45.5 Å². The van der Waals surface area contributed by atoms with Gasteiger partial charge in [0.05, 0.1) is 0 Å². The third-order valence-electron chi connectivity index (χ3n) is 1.40. The molecule has 1 N–H and O–H groups in total. The van der Waals surface area contributed by atoms with Gasteiger partial charge in [0.1, 0.15) is 4.49 Å². The van der Waals surface area contributed by atoms with Crippen LogP contribution in [0.3, 0.4) is 0 Å². The maximum atomic E-state index is 11.4. The highest BCUT2D eigenvalue weighted by molar-refractivity contribution is 6.55. The Hall–Kier alpha value is -0.700. The molecule has 5 heteroatoms. The number of carbonyl (C=O) groups is 1. The lowest BCUT2D eigenvalue weighted by Crippen LogP contribution is -2.16. The molecule has 14 heavy (non-hydrogen) atoms. The summed E-state index contributed by atoms with van der Waals surface area (Å²) < 4.78 is -0.0135. The molecule has 0 fully saturated rings. The van der Waals surface area contributed by atoms with E-state index >= 15 is 0 Å². The summed E-state index contributed by atoms with van der Waals surface area (Å²) in [5.74, 6) is -0.314. The Morgan fingerprint density at radius 1 is 1.36 bits per heavy atom. The van der Waals surface area contributed by atoms with Crippen LogP contribution in [0.15, 0.2) is 35.0 Å². The summed E-state index contributed by atoms with van der Waals surface area (Å²) in [5, 5.41) is 2.90. The summed E-state index contributed by atoms with van der Waals surface area (Å²) in [4.78, 5) is 11.4. The van der Waals surface area contributed by atoms with Crippen LogP contribution in [0.2, 0.25) is 5.02 Å². The summed E-state index contributed by atoms with van der Waals surface area (Å²) >= 11 is 16.4. The fourth-order valence-corrected chi connectivity index (χ4v) is 1.13. The van der Waals surface area contributed by atoms with Gasteiger partial charge in [0, 0.05) is 16.8 Å². The van der Waals surface area contributed by atoms with E-state index in [-0.39, 0.29) is 10.4 Å². The first kappa shape index (κ1) is 11.4. The molecule has 74 valence electrons. The topological polar surface area (TPSA) is 29.1 Å². The number of halogens is 3. The van der Waals surface area contributed by atoms with Crippen molar-refractivity contribution >= 4 is 40.7 Å². The predicted molar refractivity (Wildman–Crippen MR) is 58.7 cm³/mol. The highest BCUT2D eigenvalue weighted by Gasteiger charge is 2.03. The van der Waals surface area contributed by atoms with Crippen molar-refractivity contribution in [2.24, 2.45) is 0 Å². The monoisotopic (exact) mass is 249 g/mol. The van der Waals surface area contributed by atoms with E-state index in [1.54, 1.807) is 24.3 Å². The lowest BCUT2D eigenvalue weighted by atomic mass is 10.2. The van der Waals surface area contributed by atoms with Crippen LogP contribution in [0.4, 0.5) is 0 Å². The van der Waals surface area contributed by atoms with Gasteiger partial charge in [0.25, 0.3) is 5.91 Å². The summed E-state index contributed by atoms with van der Waals surface area (Å²) in [5.41, 5.74) is 0.448. The Bertz CT molecular complexity index is 372. The summed E-state index contributed by atoms with van der Waals surface area (Å²) in [6, 6.07) is 6.55. The molecule has 0 atom stereocenters. The molecular weight excluding hydrogens is 244 g/mol. The van der Waals surface area contributed by atoms with Crippen molar-refractivity contribution in [1.29, 1.82) is 0 Å². The van der Waals surface area contributed by atoms with Gasteiger partial charge in [-0.3, -0.25) is 4.79 Å². The molecule has 1 rings (SSSR count). The second-order valence-corrected chi connectivity index (χ2v) is 3.86. The minimum atomic E-state index is -0.314. The van der Waals surface area contributed by atoms with Crippen LogP contribution < -0.4 is 5.32 Å². The van der Waals surface area contributed by atoms with E-state index in [0.29, 0.717) is 10.6 Å². The number of carbonyl (C=O) groups excluding carboxylic acids is 1. The van der Waals surface area contributed by atoms with Gasteiger partial charge in [0.2, 0.25) is 0 Å². The van der Waals surface area contributed by atoms with Gasteiger partial charge in [-0.15, -0.1) is 0 Å². The van der Waals surface area contributed by atoms with Crippen LogP contribution in [-0.4, -0.2) is 5.91 Å². The number of hydrogen-bond acceptors (Lipinski definition) is 1. The highest BCUT2D eigenvalue weighted by Crippen LogP contribution is 2.10. The number of amides is 1. The van der Waals surface area contributed by atoms with Gasteiger partial charge in [-0.2, -0.15) is 0 Å². The van der Waals surface area contributed by atoms with Gasteiger partial charge >= 0.3 is 0 Å². The van der Waals surface area contributed by atoms with E-state index in [0.717, 1.165) is 0 Å². The van der Waals surface area contributed by atoms with Gasteiger partial charge in [-0.1, -0.05) is 40.9 Å². The number of hydrogen-bond donors (Lipinski definition) is 1. The third kappa shape index (κ3) is 3.58. The minimum Gasteiger partial charge on any atom is -0.326 e. The summed E-state index contributed by atoms with van der Waals surface area (Å²) in [6.45, 7) is 0. The van der Waals surface area contributed by atoms with Crippen LogP contribution >= 0.6 is 34.8 Å². The molecular formula is C9H6Cl3NO. The summed E-state index contributed by atoms with van der Waals surface area (Å²) in [6.07, 6.45) is 1.20. The molecule has 0 bridgehead atoms. The first-order chi connectivity index (χ1) is 6.59. The van der Waals surface area contributed by atoms with Crippen LogP contribution in [0, 0.1) is 0 Å². The summed E-state index contributed by atoms with van der Waals surface area (Å²) in [7, 11) is 0. The predicted octanol–water partition coefficient (Wildman–Crippen LogP) is 3.35. The largest absolute Gasteiger partial charge is 0.326 e. The van der Waals surface area contributed by atoms with E-state index < -0.39 is 0 Å². The molecule has 1 aromatic carbocycles. The molecule has 0 unspecified atom stereocenters.